The molecule has 7 nitrogen and oxygen atoms in total. The molecular weight excluding hydrogens is 431 g/mol. The molecule has 1 fully saturated rings. The van der Waals surface area contributed by atoms with E-state index in [0.717, 1.165) is 62.7 Å². The highest BCUT2D eigenvalue weighted by Crippen LogP contribution is 2.28. The lowest BCUT2D eigenvalue weighted by Gasteiger charge is -2.12. The number of guanidine groups is 1. The van der Waals surface area contributed by atoms with Gasteiger partial charge in [0.1, 0.15) is 5.82 Å². The molecule has 0 saturated heterocycles. The van der Waals surface area contributed by atoms with Gasteiger partial charge < -0.3 is 19.9 Å². The maximum absolute atomic E-state index is 5.64. The molecule has 8 heteroatoms. The second-order valence-corrected chi connectivity index (χ2v) is 6.72. The average molecular weight is 462 g/mol. The van der Waals surface area contributed by atoms with Crippen LogP contribution in [-0.4, -0.2) is 47.5 Å². The van der Waals surface area contributed by atoms with E-state index in [9.17, 15) is 0 Å². The van der Waals surface area contributed by atoms with Crippen molar-refractivity contribution >= 4 is 29.9 Å². The van der Waals surface area contributed by atoms with Crippen LogP contribution in [0.4, 0.5) is 0 Å². The smallest absolute Gasteiger partial charge is 0.191 e. The van der Waals surface area contributed by atoms with Crippen molar-refractivity contribution in [2.24, 2.45) is 10.9 Å². The molecule has 0 amide bonds. The van der Waals surface area contributed by atoms with Gasteiger partial charge in [-0.2, -0.15) is 0 Å². The molecule has 1 aromatic heterocycles. The summed E-state index contributed by atoms with van der Waals surface area (Å²) in [6.45, 7) is 4.31. The first-order valence-electron chi connectivity index (χ1n) is 9.30. The Morgan fingerprint density at radius 3 is 2.92 bits per heavy atom. The van der Waals surface area contributed by atoms with Crippen LogP contribution in [0.3, 0.4) is 0 Å². The van der Waals surface area contributed by atoms with Crippen LogP contribution in [0.1, 0.15) is 50.2 Å². The third kappa shape index (κ3) is 6.73. The molecule has 0 aromatic carbocycles. The van der Waals surface area contributed by atoms with Crippen LogP contribution < -0.4 is 10.6 Å². The predicted molar refractivity (Wildman–Crippen MR) is 109 cm³/mol. The van der Waals surface area contributed by atoms with E-state index in [-0.39, 0.29) is 24.0 Å². The molecule has 2 heterocycles. The molecule has 0 spiro atoms. The van der Waals surface area contributed by atoms with Crippen molar-refractivity contribution in [2.45, 2.75) is 58.0 Å². The standard InChI is InChI=1S/C17H30N6O.HI/c1-18-17(19-9-5-11-24-13-14-7-8-14)20-12-16-22-21-15-6-3-2-4-10-23(15)16;/h14H,2-13H2,1H3,(H2,18,19,20);1H. The van der Waals surface area contributed by atoms with Crippen LogP contribution in [0.5, 0.6) is 0 Å². The number of aromatic nitrogens is 3. The van der Waals surface area contributed by atoms with Gasteiger partial charge in [-0.15, -0.1) is 34.2 Å². The molecule has 1 aliphatic carbocycles. The SMILES string of the molecule is CN=C(NCCCOCC1CC1)NCc1nnc2n1CCCCC2.I. The number of hydrogen-bond donors (Lipinski definition) is 2. The lowest BCUT2D eigenvalue weighted by Crippen LogP contribution is -2.38. The first-order chi connectivity index (χ1) is 11.9. The Morgan fingerprint density at radius 1 is 1.24 bits per heavy atom. The molecular formula is C17H31IN6O. The average Bonchev–Trinajstić information content (AvgIpc) is 3.39. The third-order valence-corrected chi connectivity index (χ3v) is 4.63. The zero-order valence-corrected chi connectivity index (χ0v) is 17.5. The first kappa shape index (κ1) is 20.4. The number of nitrogens with zero attached hydrogens (tertiary/aromatic N) is 4. The highest BCUT2D eigenvalue weighted by atomic mass is 127. The Labute approximate surface area is 167 Å². The summed E-state index contributed by atoms with van der Waals surface area (Å²) in [4.78, 5) is 4.27. The van der Waals surface area contributed by atoms with E-state index in [1.165, 1.54) is 32.1 Å². The Balaban J connectivity index is 0.00000225. The number of ether oxygens (including phenoxy) is 1. The largest absolute Gasteiger partial charge is 0.381 e. The minimum Gasteiger partial charge on any atom is -0.381 e. The van der Waals surface area contributed by atoms with Crippen LogP contribution in [0.2, 0.25) is 0 Å². The Kier molecular flexibility index (Phi) is 8.94. The number of halogens is 1. The van der Waals surface area contributed by atoms with Gasteiger partial charge in [0.15, 0.2) is 11.8 Å². The van der Waals surface area contributed by atoms with Gasteiger partial charge in [-0.1, -0.05) is 6.42 Å². The van der Waals surface area contributed by atoms with E-state index in [2.05, 4.69) is 30.4 Å². The highest BCUT2D eigenvalue weighted by molar-refractivity contribution is 14.0. The monoisotopic (exact) mass is 462 g/mol. The number of nitrogens with one attached hydrogen (secondary N) is 2. The van der Waals surface area contributed by atoms with Gasteiger partial charge >= 0.3 is 0 Å². The van der Waals surface area contributed by atoms with Crippen LogP contribution in [0, 0.1) is 5.92 Å². The van der Waals surface area contributed by atoms with Crippen LogP contribution >= 0.6 is 24.0 Å². The normalized spacial score (nSPS) is 17.4. The minimum atomic E-state index is 0. The molecule has 1 aromatic rings. The summed E-state index contributed by atoms with van der Waals surface area (Å²) in [7, 11) is 1.79. The van der Waals surface area contributed by atoms with Crippen molar-refractivity contribution in [1.82, 2.24) is 25.4 Å². The van der Waals surface area contributed by atoms with Gasteiger partial charge in [-0.05, 0) is 38.0 Å². The van der Waals surface area contributed by atoms with Gasteiger partial charge in [-0.25, -0.2) is 0 Å². The van der Waals surface area contributed by atoms with Crippen molar-refractivity contribution < 1.29 is 4.74 Å². The second-order valence-electron chi connectivity index (χ2n) is 6.72. The zero-order chi connectivity index (χ0) is 16.6. The van der Waals surface area contributed by atoms with Crippen molar-refractivity contribution in [3.8, 4) is 0 Å². The minimum absolute atomic E-state index is 0. The van der Waals surface area contributed by atoms with Crippen LogP contribution in [0.25, 0.3) is 0 Å². The molecule has 0 unspecified atom stereocenters. The van der Waals surface area contributed by atoms with Gasteiger partial charge in [0, 0.05) is 39.8 Å². The quantitative estimate of drug-likeness (QED) is 0.268. The molecule has 0 bridgehead atoms. The fraction of sp³-hybridized carbons (Fsp3) is 0.824. The summed E-state index contributed by atoms with van der Waals surface area (Å²) in [5.74, 6) is 3.77. The van der Waals surface area contributed by atoms with E-state index in [0.29, 0.717) is 6.54 Å². The first-order valence-corrected chi connectivity index (χ1v) is 9.30. The van der Waals surface area contributed by atoms with E-state index >= 15 is 0 Å². The van der Waals surface area contributed by atoms with Gasteiger partial charge in [-0.3, -0.25) is 4.99 Å². The molecule has 1 aliphatic heterocycles. The number of hydrogen-bond acceptors (Lipinski definition) is 4. The van der Waals surface area contributed by atoms with Crippen molar-refractivity contribution in [2.75, 3.05) is 26.8 Å². The third-order valence-electron chi connectivity index (χ3n) is 4.63. The maximum atomic E-state index is 5.64. The summed E-state index contributed by atoms with van der Waals surface area (Å²) in [5.41, 5.74) is 0. The summed E-state index contributed by atoms with van der Waals surface area (Å²) in [6, 6.07) is 0. The van der Waals surface area contributed by atoms with Crippen molar-refractivity contribution in [3.05, 3.63) is 11.6 Å². The topological polar surface area (TPSA) is 76.4 Å². The van der Waals surface area contributed by atoms with Crippen LogP contribution in [-0.2, 0) is 24.2 Å². The van der Waals surface area contributed by atoms with Gasteiger partial charge in [0.2, 0.25) is 0 Å². The summed E-state index contributed by atoms with van der Waals surface area (Å²) in [5, 5.41) is 15.3. The fourth-order valence-electron chi connectivity index (χ4n) is 2.97. The van der Waals surface area contributed by atoms with E-state index in [1.54, 1.807) is 7.05 Å². The Bertz CT molecular complexity index is 543. The summed E-state index contributed by atoms with van der Waals surface area (Å²) >= 11 is 0. The maximum Gasteiger partial charge on any atom is 0.191 e. The lowest BCUT2D eigenvalue weighted by molar-refractivity contribution is 0.123. The molecule has 3 rings (SSSR count). The fourth-order valence-corrected chi connectivity index (χ4v) is 2.97. The number of fused-ring (bicyclic) bond motifs is 1. The zero-order valence-electron chi connectivity index (χ0n) is 15.2. The van der Waals surface area contributed by atoms with E-state index in [4.69, 9.17) is 4.74 Å². The molecule has 0 atom stereocenters. The molecule has 2 N–H and O–H groups in total. The molecule has 25 heavy (non-hydrogen) atoms. The van der Waals surface area contributed by atoms with Gasteiger partial charge in [0.05, 0.1) is 6.54 Å². The predicted octanol–water partition coefficient (Wildman–Crippen LogP) is 2.10. The van der Waals surface area contributed by atoms with E-state index < -0.39 is 0 Å². The van der Waals surface area contributed by atoms with Crippen molar-refractivity contribution in [1.29, 1.82) is 0 Å². The van der Waals surface area contributed by atoms with Crippen molar-refractivity contribution in [3.63, 3.8) is 0 Å². The molecule has 2 aliphatic rings. The summed E-state index contributed by atoms with van der Waals surface area (Å²) < 4.78 is 7.91. The number of aliphatic imine (C=N–C) groups is 1. The summed E-state index contributed by atoms with van der Waals surface area (Å²) in [6.07, 6.45) is 8.45. The van der Waals surface area contributed by atoms with Gasteiger partial charge in [0.25, 0.3) is 0 Å². The number of rotatable bonds is 8. The lowest BCUT2D eigenvalue weighted by atomic mass is 10.2. The number of aryl methyl sites for hydroxylation is 1. The second kappa shape index (κ2) is 10.9. The van der Waals surface area contributed by atoms with E-state index in [1.807, 2.05) is 0 Å². The molecule has 142 valence electrons. The highest BCUT2D eigenvalue weighted by Gasteiger charge is 2.20. The molecule has 1 saturated carbocycles. The van der Waals surface area contributed by atoms with Crippen LogP contribution in [0.15, 0.2) is 4.99 Å². The molecule has 0 radical (unpaired) electrons. The Hall–Kier alpha value is -0.900. The Morgan fingerprint density at radius 2 is 2.12 bits per heavy atom.